The molecule has 0 aliphatic rings. The molecule has 3 amide bonds. The number of hydrogen-bond acceptors (Lipinski definition) is 4. The molecule has 0 heterocycles. The predicted molar refractivity (Wildman–Crippen MR) is 77.1 cm³/mol. The van der Waals surface area contributed by atoms with Crippen LogP contribution in [0.1, 0.15) is 20.8 Å². The summed E-state index contributed by atoms with van der Waals surface area (Å²) < 4.78 is 0. The molecule has 0 spiro atoms. The summed E-state index contributed by atoms with van der Waals surface area (Å²) in [6, 6.07) is 0. The minimum Gasteiger partial charge on any atom is -0.355 e. The summed E-state index contributed by atoms with van der Waals surface area (Å²) in [6.07, 6.45) is 0. The zero-order valence-electron chi connectivity index (χ0n) is 12.9. The Balaban J connectivity index is 3.89. The molecular formula is C13H26N4O3. The Morgan fingerprint density at radius 1 is 0.950 bits per heavy atom. The summed E-state index contributed by atoms with van der Waals surface area (Å²) in [5.74, 6) is -0.269. The van der Waals surface area contributed by atoms with Crippen LogP contribution in [0.5, 0.6) is 0 Å². The molecule has 0 radical (unpaired) electrons. The lowest BCUT2D eigenvalue weighted by Gasteiger charge is -2.22. The largest absolute Gasteiger partial charge is 0.355 e. The van der Waals surface area contributed by atoms with Crippen LogP contribution in [-0.2, 0) is 14.4 Å². The Morgan fingerprint density at radius 3 is 2.00 bits per heavy atom. The molecule has 7 nitrogen and oxygen atoms in total. The van der Waals surface area contributed by atoms with Crippen LogP contribution in [0.2, 0.25) is 0 Å². The van der Waals surface area contributed by atoms with Crippen molar-refractivity contribution >= 4 is 17.7 Å². The molecule has 2 N–H and O–H groups in total. The van der Waals surface area contributed by atoms with Crippen molar-refractivity contribution < 1.29 is 14.4 Å². The van der Waals surface area contributed by atoms with E-state index in [1.54, 1.807) is 16.8 Å². The standard InChI is InChI=1S/C13H26N4O3/c1-5-17(6-2)13(20)10-16(4)9-12(19)15-8-7-14-11(3)18/h5-10H2,1-4H3,(H,14,18)(H,15,19). The second kappa shape index (κ2) is 10.2. The number of nitrogens with one attached hydrogen (secondary N) is 2. The minimum absolute atomic E-state index is 0.0172. The molecule has 0 aromatic rings. The molecule has 0 aliphatic heterocycles. The lowest BCUT2D eigenvalue weighted by Crippen LogP contribution is -2.43. The fraction of sp³-hybridized carbons (Fsp3) is 0.769. The van der Waals surface area contributed by atoms with Crippen LogP contribution in [-0.4, -0.2) is 73.8 Å². The number of amides is 3. The lowest BCUT2D eigenvalue weighted by atomic mass is 10.4. The van der Waals surface area contributed by atoms with Gasteiger partial charge in [-0.3, -0.25) is 19.3 Å². The first-order valence-electron chi connectivity index (χ1n) is 6.88. The molecule has 0 rings (SSSR count). The molecule has 0 atom stereocenters. The zero-order valence-corrected chi connectivity index (χ0v) is 12.9. The van der Waals surface area contributed by atoms with Crippen molar-refractivity contribution in [2.45, 2.75) is 20.8 Å². The molecule has 0 aromatic carbocycles. The average molecular weight is 286 g/mol. The van der Waals surface area contributed by atoms with E-state index in [2.05, 4.69) is 10.6 Å². The van der Waals surface area contributed by atoms with E-state index in [0.717, 1.165) is 0 Å². The van der Waals surface area contributed by atoms with Gasteiger partial charge in [-0.25, -0.2) is 0 Å². The third-order valence-corrected chi connectivity index (χ3v) is 2.76. The first kappa shape index (κ1) is 18.4. The Kier molecular flexibility index (Phi) is 9.36. The molecular weight excluding hydrogens is 260 g/mol. The van der Waals surface area contributed by atoms with E-state index < -0.39 is 0 Å². The van der Waals surface area contributed by atoms with E-state index >= 15 is 0 Å². The second-order valence-corrected chi connectivity index (χ2v) is 4.57. The molecule has 116 valence electrons. The van der Waals surface area contributed by atoms with Crippen molar-refractivity contribution in [1.82, 2.24) is 20.4 Å². The summed E-state index contributed by atoms with van der Waals surface area (Å²) in [5.41, 5.74) is 0. The quantitative estimate of drug-likeness (QED) is 0.535. The highest BCUT2D eigenvalue weighted by molar-refractivity contribution is 5.81. The Hall–Kier alpha value is -1.63. The summed E-state index contributed by atoms with van der Waals surface area (Å²) in [7, 11) is 1.73. The SMILES string of the molecule is CCN(CC)C(=O)CN(C)CC(=O)NCCNC(C)=O. The maximum Gasteiger partial charge on any atom is 0.236 e. The van der Waals surface area contributed by atoms with Crippen LogP contribution in [0.25, 0.3) is 0 Å². The Morgan fingerprint density at radius 2 is 1.50 bits per heavy atom. The highest BCUT2D eigenvalue weighted by atomic mass is 16.2. The molecule has 0 bridgehead atoms. The fourth-order valence-electron chi connectivity index (χ4n) is 1.70. The fourth-order valence-corrected chi connectivity index (χ4v) is 1.70. The Labute approximate surface area is 120 Å². The van der Waals surface area contributed by atoms with Crippen LogP contribution >= 0.6 is 0 Å². The third-order valence-electron chi connectivity index (χ3n) is 2.76. The first-order chi connectivity index (χ1) is 9.40. The van der Waals surface area contributed by atoms with Gasteiger partial charge in [0.25, 0.3) is 0 Å². The van der Waals surface area contributed by atoms with E-state index in [1.165, 1.54) is 6.92 Å². The molecule has 0 fully saturated rings. The summed E-state index contributed by atoms with van der Waals surface area (Å²) >= 11 is 0. The van der Waals surface area contributed by atoms with Gasteiger partial charge in [0.15, 0.2) is 0 Å². The third kappa shape index (κ3) is 8.47. The van der Waals surface area contributed by atoms with Gasteiger partial charge < -0.3 is 15.5 Å². The van der Waals surface area contributed by atoms with Gasteiger partial charge in [-0.1, -0.05) is 0 Å². The van der Waals surface area contributed by atoms with E-state index in [1.807, 2.05) is 13.8 Å². The van der Waals surface area contributed by atoms with Crippen LogP contribution in [0.15, 0.2) is 0 Å². The van der Waals surface area contributed by atoms with Gasteiger partial charge in [-0.15, -0.1) is 0 Å². The van der Waals surface area contributed by atoms with Crippen molar-refractivity contribution in [2.75, 3.05) is 46.3 Å². The summed E-state index contributed by atoms with van der Waals surface area (Å²) in [5, 5.41) is 5.27. The highest BCUT2D eigenvalue weighted by Gasteiger charge is 2.14. The average Bonchev–Trinajstić information content (AvgIpc) is 2.35. The van der Waals surface area contributed by atoms with E-state index in [0.29, 0.717) is 26.2 Å². The normalized spacial score (nSPS) is 10.2. The van der Waals surface area contributed by atoms with Crippen molar-refractivity contribution in [3.8, 4) is 0 Å². The minimum atomic E-state index is -0.162. The number of carbonyl (C=O) groups is 3. The monoisotopic (exact) mass is 286 g/mol. The first-order valence-corrected chi connectivity index (χ1v) is 6.88. The van der Waals surface area contributed by atoms with Gasteiger partial charge in [0, 0.05) is 33.1 Å². The lowest BCUT2D eigenvalue weighted by molar-refractivity contribution is -0.132. The van der Waals surface area contributed by atoms with Crippen molar-refractivity contribution in [2.24, 2.45) is 0 Å². The molecule has 0 saturated carbocycles. The number of likely N-dealkylation sites (N-methyl/N-ethyl adjacent to an activating group) is 2. The van der Waals surface area contributed by atoms with Gasteiger partial charge in [0.05, 0.1) is 13.1 Å². The predicted octanol–water partition coefficient (Wildman–Crippen LogP) is -0.961. The van der Waals surface area contributed by atoms with Crippen LogP contribution in [0.4, 0.5) is 0 Å². The van der Waals surface area contributed by atoms with E-state index in [4.69, 9.17) is 0 Å². The zero-order chi connectivity index (χ0) is 15.5. The number of nitrogens with zero attached hydrogens (tertiary/aromatic N) is 2. The summed E-state index contributed by atoms with van der Waals surface area (Å²) in [6.45, 7) is 7.80. The number of hydrogen-bond donors (Lipinski definition) is 2. The van der Waals surface area contributed by atoms with E-state index in [-0.39, 0.29) is 30.8 Å². The van der Waals surface area contributed by atoms with Gasteiger partial charge in [0.1, 0.15) is 0 Å². The maximum atomic E-state index is 11.8. The molecule has 20 heavy (non-hydrogen) atoms. The van der Waals surface area contributed by atoms with Crippen LogP contribution in [0.3, 0.4) is 0 Å². The van der Waals surface area contributed by atoms with Gasteiger partial charge in [-0.05, 0) is 20.9 Å². The van der Waals surface area contributed by atoms with Gasteiger partial charge >= 0.3 is 0 Å². The molecule has 0 aliphatic carbocycles. The van der Waals surface area contributed by atoms with Crippen molar-refractivity contribution in [3.05, 3.63) is 0 Å². The molecule has 0 aromatic heterocycles. The van der Waals surface area contributed by atoms with Gasteiger partial charge in [-0.2, -0.15) is 0 Å². The van der Waals surface area contributed by atoms with Crippen molar-refractivity contribution in [3.63, 3.8) is 0 Å². The second-order valence-electron chi connectivity index (χ2n) is 4.57. The maximum absolute atomic E-state index is 11.8. The summed E-state index contributed by atoms with van der Waals surface area (Å²) in [4.78, 5) is 37.5. The van der Waals surface area contributed by atoms with Crippen molar-refractivity contribution in [1.29, 1.82) is 0 Å². The van der Waals surface area contributed by atoms with Crippen LogP contribution < -0.4 is 10.6 Å². The topological polar surface area (TPSA) is 81.8 Å². The number of carbonyl (C=O) groups excluding carboxylic acids is 3. The van der Waals surface area contributed by atoms with Gasteiger partial charge in [0.2, 0.25) is 17.7 Å². The van der Waals surface area contributed by atoms with E-state index in [9.17, 15) is 14.4 Å². The molecule has 0 saturated heterocycles. The highest BCUT2D eigenvalue weighted by Crippen LogP contribution is 1.92. The van der Waals surface area contributed by atoms with Crippen LogP contribution in [0, 0.1) is 0 Å². The number of rotatable bonds is 9. The smallest absolute Gasteiger partial charge is 0.236 e. The Bertz CT molecular complexity index is 330. The molecule has 7 heteroatoms. The molecule has 0 unspecified atom stereocenters.